The number of imide groups is 2. The molecule has 5 aromatic rings. The lowest BCUT2D eigenvalue weighted by atomic mass is 9.49. The molecule has 2 aliphatic heterocycles. The molecule has 9 rings (SSSR count). The van der Waals surface area contributed by atoms with E-state index in [0.29, 0.717) is 44.7 Å². The van der Waals surface area contributed by atoms with Crippen molar-refractivity contribution in [3.05, 3.63) is 152 Å². The third-order valence-electron chi connectivity index (χ3n) is 12.9. The van der Waals surface area contributed by atoms with E-state index < -0.39 is 52.7 Å². The number of benzene rings is 5. The summed E-state index contributed by atoms with van der Waals surface area (Å²) in [5.41, 5.74) is 5.40. The summed E-state index contributed by atoms with van der Waals surface area (Å²) in [5.74, 6) is -4.24. The monoisotopic (exact) mass is 903 g/mol. The number of halogens is 3. The third kappa shape index (κ3) is 6.90. The molecule has 320 valence electrons. The van der Waals surface area contributed by atoms with Gasteiger partial charge in [-0.3, -0.25) is 29.5 Å². The highest BCUT2D eigenvalue weighted by atomic mass is 35.5. The van der Waals surface area contributed by atoms with E-state index in [0.717, 1.165) is 16.1 Å². The van der Waals surface area contributed by atoms with Crippen LogP contribution in [0.4, 0.5) is 11.4 Å². The number of rotatable bonds is 10. The minimum atomic E-state index is -1.62. The molecule has 2 N–H and O–H groups in total. The molecule has 2 heterocycles. The predicted octanol–water partition coefficient (Wildman–Crippen LogP) is 9.74. The van der Waals surface area contributed by atoms with Gasteiger partial charge < -0.3 is 19.3 Å². The van der Waals surface area contributed by atoms with Crippen LogP contribution >= 0.6 is 34.8 Å². The van der Waals surface area contributed by atoms with Crippen LogP contribution in [0.3, 0.4) is 0 Å². The molecule has 0 radical (unpaired) electrons. The number of carbonyl (C=O) groups is 4. The van der Waals surface area contributed by atoms with Crippen LogP contribution in [0.2, 0.25) is 15.1 Å². The lowest BCUT2D eigenvalue weighted by Crippen LogP contribution is -2.53. The Kier molecular flexibility index (Phi) is 11.0. The molecule has 4 aliphatic rings. The van der Waals surface area contributed by atoms with E-state index in [1.807, 2.05) is 48.6 Å². The molecule has 2 saturated heterocycles. The Morgan fingerprint density at radius 3 is 2.14 bits per heavy atom. The molecule has 63 heavy (non-hydrogen) atoms. The van der Waals surface area contributed by atoms with Crippen molar-refractivity contribution in [2.24, 2.45) is 23.7 Å². The van der Waals surface area contributed by atoms with E-state index >= 15 is 9.59 Å². The second-order valence-electron chi connectivity index (χ2n) is 16.0. The van der Waals surface area contributed by atoms with Gasteiger partial charge in [-0.25, -0.2) is 0 Å². The number of hydrogen-bond donors (Lipinski definition) is 2. The van der Waals surface area contributed by atoms with E-state index in [9.17, 15) is 14.7 Å². The van der Waals surface area contributed by atoms with Gasteiger partial charge in [-0.2, -0.15) is 5.01 Å². The van der Waals surface area contributed by atoms with Crippen molar-refractivity contribution < 1.29 is 38.5 Å². The largest absolute Gasteiger partial charge is 0.508 e. The van der Waals surface area contributed by atoms with Crippen LogP contribution in [-0.2, 0) is 24.6 Å². The fourth-order valence-electron chi connectivity index (χ4n) is 10.1. The zero-order valence-electron chi connectivity index (χ0n) is 34.2. The second-order valence-corrected chi connectivity index (χ2v) is 17.2. The molecular weight excluding hydrogens is 865 g/mol. The van der Waals surface area contributed by atoms with Gasteiger partial charge >= 0.3 is 0 Å². The fourth-order valence-corrected chi connectivity index (χ4v) is 10.8. The first-order valence-electron chi connectivity index (χ1n) is 20.2. The van der Waals surface area contributed by atoms with Crippen molar-refractivity contribution in [2.45, 2.75) is 24.2 Å². The molecule has 2 aliphatic carbocycles. The Bertz CT molecular complexity index is 2760. The van der Waals surface area contributed by atoms with E-state index in [1.54, 1.807) is 68.8 Å². The Balaban J connectivity index is 1.12. The van der Waals surface area contributed by atoms with Gasteiger partial charge in [0, 0.05) is 21.5 Å². The third-order valence-corrected chi connectivity index (χ3v) is 13.8. The van der Waals surface area contributed by atoms with Crippen molar-refractivity contribution in [1.29, 1.82) is 0 Å². The van der Waals surface area contributed by atoms with E-state index in [4.69, 9.17) is 49.0 Å². The van der Waals surface area contributed by atoms with Crippen LogP contribution in [0, 0.1) is 23.7 Å². The molecule has 0 aromatic heterocycles. The highest BCUT2D eigenvalue weighted by Crippen LogP contribution is 2.65. The number of phenols is 1. The number of amides is 4. The summed E-state index contributed by atoms with van der Waals surface area (Å²) in [6.07, 6.45) is 6.01. The number of carbonyl (C=O) groups excluding carboxylic acids is 4. The summed E-state index contributed by atoms with van der Waals surface area (Å²) in [4.78, 5) is 61.1. The van der Waals surface area contributed by atoms with Gasteiger partial charge in [0.2, 0.25) is 11.8 Å². The summed E-state index contributed by atoms with van der Waals surface area (Å²) in [5, 5.41) is 12.2. The number of methoxy groups -OCH3 is 3. The lowest BCUT2D eigenvalue weighted by molar-refractivity contribution is -0.138. The molecule has 0 spiro atoms. The van der Waals surface area contributed by atoms with Crippen LogP contribution in [-0.4, -0.2) is 55.1 Å². The average molecular weight is 905 g/mol. The number of hydrogen-bond acceptors (Lipinski definition) is 9. The predicted molar refractivity (Wildman–Crippen MR) is 241 cm³/mol. The number of fused-ring (bicyclic) bond motifs is 4. The smallest absolute Gasteiger partial charge is 0.260 e. The molecule has 4 amide bonds. The minimum absolute atomic E-state index is 0.0622. The van der Waals surface area contributed by atoms with Crippen LogP contribution < -0.4 is 24.5 Å². The van der Waals surface area contributed by atoms with Crippen molar-refractivity contribution in [3.63, 3.8) is 0 Å². The van der Waals surface area contributed by atoms with Gasteiger partial charge in [0.05, 0.1) is 60.9 Å². The van der Waals surface area contributed by atoms with Crippen LogP contribution in [0.25, 0.3) is 12.2 Å². The first-order chi connectivity index (χ1) is 30.4. The Hall–Kier alpha value is -6.27. The first kappa shape index (κ1) is 42.1. The summed E-state index contributed by atoms with van der Waals surface area (Å²) < 4.78 is 16.4. The molecule has 11 nitrogen and oxygen atoms in total. The quantitative estimate of drug-likeness (QED) is 0.0798. The summed E-state index contributed by atoms with van der Waals surface area (Å²) in [6, 6.07) is 28.8. The number of nitrogens with zero attached hydrogens (tertiary/aromatic N) is 2. The maximum Gasteiger partial charge on any atom is 0.260 e. The van der Waals surface area contributed by atoms with E-state index in [2.05, 4.69) is 5.43 Å². The number of ether oxygens (including phenoxy) is 3. The standard InChI is InChI=1S/C49H40Cl3N3O8/c1-61-32-14-8-28(9-15-32)49-38(46(58)55(48(49)60)53-41-20-10-29(50)23-40(41)52)25-37-34(44(49)35-17-13-31(56)24-39(35)51)18-19-36-43(37)47(59)54(45(36)57)30-11-5-26(6-12-30)4-7-27-22-33(62-2)16-21-42(27)63-3/h4-18,20-24,36-38,43-44,53,56H,19,25H2,1-3H3/t36-,37+,38-,43-,44+,49+/m0/s1. The zero-order valence-corrected chi connectivity index (χ0v) is 36.4. The molecule has 6 atom stereocenters. The molecule has 3 fully saturated rings. The zero-order chi connectivity index (χ0) is 44.3. The van der Waals surface area contributed by atoms with Gasteiger partial charge in [0.1, 0.15) is 23.0 Å². The summed E-state index contributed by atoms with van der Waals surface area (Å²) >= 11 is 19.8. The fraction of sp³-hybridized carbons (Fsp3) is 0.224. The molecule has 1 saturated carbocycles. The maximum absolute atomic E-state index is 15.5. The molecular formula is C49H40Cl3N3O8. The number of anilines is 2. The average Bonchev–Trinajstić information content (AvgIpc) is 3.67. The van der Waals surface area contributed by atoms with Crippen molar-refractivity contribution in [1.82, 2.24) is 5.01 Å². The van der Waals surface area contributed by atoms with Crippen LogP contribution in [0.15, 0.2) is 115 Å². The Labute approximate surface area is 378 Å². The summed E-state index contributed by atoms with van der Waals surface area (Å²) in [7, 11) is 4.72. The Morgan fingerprint density at radius 2 is 1.46 bits per heavy atom. The van der Waals surface area contributed by atoms with Gasteiger partial charge in [-0.05, 0) is 108 Å². The van der Waals surface area contributed by atoms with Gasteiger partial charge in [-0.1, -0.05) is 88.9 Å². The van der Waals surface area contributed by atoms with Crippen LogP contribution in [0.1, 0.15) is 41.0 Å². The number of nitrogens with one attached hydrogen (secondary N) is 1. The van der Waals surface area contributed by atoms with Crippen molar-refractivity contribution >= 4 is 82.0 Å². The minimum Gasteiger partial charge on any atom is -0.508 e. The number of aromatic hydroxyl groups is 1. The number of phenolic OH excluding ortho intramolecular Hbond substituents is 1. The van der Waals surface area contributed by atoms with Crippen molar-refractivity contribution in [3.8, 4) is 23.0 Å². The Morgan fingerprint density at radius 1 is 0.730 bits per heavy atom. The highest BCUT2D eigenvalue weighted by Gasteiger charge is 2.70. The molecule has 14 heteroatoms. The van der Waals surface area contributed by atoms with Gasteiger partial charge in [-0.15, -0.1) is 0 Å². The lowest BCUT2D eigenvalue weighted by Gasteiger charge is -2.50. The number of hydrazine groups is 1. The maximum atomic E-state index is 15.5. The van der Waals surface area contributed by atoms with Crippen molar-refractivity contribution in [2.75, 3.05) is 31.7 Å². The molecule has 0 bridgehead atoms. The first-order valence-corrected chi connectivity index (χ1v) is 21.3. The highest BCUT2D eigenvalue weighted by molar-refractivity contribution is 6.36. The molecule has 0 unspecified atom stereocenters. The van der Waals surface area contributed by atoms with E-state index in [1.165, 1.54) is 30.2 Å². The topological polar surface area (TPSA) is 135 Å². The second kappa shape index (κ2) is 16.5. The van der Waals surface area contributed by atoms with Gasteiger partial charge in [0.25, 0.3) is 11.8 Å². The number of allylic oxidation sites excluding steroid dienone is 2. The summed E-state index contributed by atoms with van der Waals surface area (Å²) in [6.45, 7) is 0. The van der Waals surface area contributed by atoms with Crippen LogP contribution in [0.5, 0.6) is 23.0 Å². The SMILES string of the molecule is COc1ccc([C@@]23C(=O)N(Nc4ccc(Cl)cc4Cl)C(=O)[C@@H]2C[C@@H]2C(=CC[C@@H]4C(=O)N(c5ccc(C=Cc6cc(OC)ccc6OC)cc5)C(=O)[C@@H]42)[C@@H]3c2ccc(O)cc2Cl)cc1. The van der Waals surface area contributed by atoms with E-state index in [-0.39, 0.29) is 40.2 Å². The normalized spacial score (nSPS) is 24.0. The molecule has 5 aromatic carbocycles. The van der Waals surface area contributed by atoms with Gasteiger partial charge in [0.15, 0.2) is 0 Å².